The highest BCUT2D eigenvalue weighted by Crippen LogP contribution is 2.31. The minimum atomic E-state index is -4.09. The number of nitro benzene ring substituents is 1. The number of esters is 1. The summed E-state index contributed by atoms with van der Waals surface area (Å²) in [5.74, 6) is -1.77. The lowest BCUT2D eigenvalue weighted by atomic mass is 9.98. The number of rotatable bonds is 7. The van der Waals surface area contributed by atoms with Gasteiger partial charge in [0.1, 0.15) is 4.90 Å². The zero-order chi connectivity index (χ0) is 24.2. The van der Waals surface area contributed by atoms with Crippen LogP contribution in [0.2, 0.25) is 10.0 Å². The summed E-state index contributed by atoms with van der Waals surface area (Å²) in [7, 11) is -4.09. The lowest BCUT2D eigenvalue weighted by Crippen LogP contribution is -2.41. The topological polar surface area (TPSA) is 136 Å². The minimum Gasteiger partial charge on any atom is -0.455 e. The van der Waals surface area contributed by atoms with Gasteiger partial charge in [-0.05, 0) is 31.0 Å². The number of hydrogen-bond donors (Lipinski definition) is 1. The maximum absolute atomic E-state index is 12.9. The Balaban J connectivity index is 1.55. The number of benzene rings is 2. The second-order valence-corrected chi connectivity index (χ2v) is 9.91. The van der Waals surface area contributed by atoms with Gasteiger partial charge in [-0.3, -0.25) is 19.7 Å². The molecule has 0 spiro atoms. The smallest absolute Gasteiger partial charge is 0.309 e. The van der Waals surface area contributed by atoms with Crippen LogP contribution >= 0.6 is 23.2 Å². The molecule has 0 aliphatic carbocycles. The molecule has 2 aromatic carbocycles. The molecule has 1 amide bonds. The first-order valence-corrected chi connectivity index (χ1v) is 11.9. The van der Waals surface area contributed by atoms with Gasteiger partial charge in [0.2, 0.25) is 10.0 Å². The van der Waals surface area contributed by atoms with Crippen LogP contribution in [0.5, 0.6) is 0 Å². The normalized spacial score (nSPS) is 15.1. The van der Waals surface area contributed by atoms with Crippen LogP contribution in [0.25, 0.3) is 0 Å². The molecule has 0 atom stereocenters. The van der Waals surface area contributed by atoms with E-state index in [-0.39, 0.29) is 35.8 Å². The van der Waals surface area contributed by atoms with Crippen LogP contribution in [0, 0.1) is 16.0 Å². The molecule has 2 aromatic rings. The minimum absolute atomic E-state index is 0.00700. The van der Waals surface area contributed by atoms with E-state index in [1.165, 1.54) is 0 Å². The average Bonchev–Trinajstić information content (AvgIpc) is 2.79. The number of anilines is 1. The summed E-state index contributed by atoms with van der Waals surface area (Å²) < 4.78 is 32.0. The fourth-order valence-corrected chi connectivity index (χ4v) is 5.42. The predicted octanol–water partition coefficient (Wildman–Crippen LogP) is 3.48. The highest BCUT2D eigenvalue weighted by atomic mass is 35.5. The van der Waals surface area contributed by atoms with Gasteiger partial charge in [0.05, 0.1) is 26.6 Å². The van der Waals surface area contributed by atoms with Crippen molar-refractivity contribution >= 4 is 56.5 Å². The van der Waals surface area contributed by atoms with E-state index in [9.17, 15) is 28.1 Å². The Morgan fingerprint density at radius 2 is 1.79 bits per heavy atom. The number of nitro groups is 1. The number of nitrogens with zero attached hydrogens (tertiary/aromatic N) is 2. The molecule has 176 valence electrons. The van der Waals surface area contributed by atoms with Crippen LogP contribution < -0.4 is 5.32 Å². The maximum Gasteiger partial charge on any atom is 0.309 e. The Kier molecular flexibility index (Phi) is 7.90. The highest BCUT2D eigenvalue weighted by molar-refractivity contribution is 7.89. The number of halogens is 2. The Morgan fingerprint density at radius 3 is 2.42 bits per heavy atom. The van der Waals surface area contributed by atoms with Crippen molar-refractivity contribution in [3.63, 3.8) is 0 Å². The molecule has 10 nitrogen and oxygen atoms in total. The van der Waals surface area contributed by atoms with E-state index in [4.69, 9.17) is 27.9 Å². The Labute approximate surface area is 199 Å². The number of non-ortho nitro benzene ring substituents is 1. The van der Waals surface area contributed by atoms with Crippen LogP contribution in [0.1, 0.15) is 12.8 Å². The number of hydrogen-bond acceptors (Lipinski definition) is 7. The predicted molar refractivity (Wildman–Crippen MR) is 121 cm³/mol. The number of carbonyl (C=O) groups excluding carboxylic acids is 2. The van der Waals surface area contributed by atoms with Crippen molar-refractivity contribution in [1.82, 2.24) is 4.31 Å². The monoisotopic (exact) mass is 515 g/mol. The molecule has 1 fully saturated rings. The molecule has 1 aliphatic heterocycles. The highest BCUT2D eigenvalue weighted by Gasteiger charge is 2.34. The molecule has 0 aromatic heterocycles. The lowest BCUT2D eigenvalue weighted by Gasteiger charge is -2.30. The van der Waals surface area contributed by atoms with Crippen molar-refractivity contribution in [3.8, 4) is 0 Å². The van der Waals surface area contributed by atoms with Gasteiger partial charge in [-0.2, -0.15) is 4.31 Å². The summed E-state index contributed by atoms with van der Waals surface area (Å²) in [6.07, 6.45) is 0.327. The molecule has 33 heavy (non-hydrogen) atoms. The lowest BCUT2D eigenvalue weighted by molar-refractivity contribution is -0.385. The summed E-state index contributed by atoms with van der Waals surface area (Å²) in [5, 5.41) is 13.7. The average molecular weight is 516 g/mol. The van der Waals surface area contributed by atoms with Crippen molar-refractivity contribution in [2.24, 2.45) is 5.92 Å². The van der Waals surface area contributed by atoms with Crippen LogP contribution in [-0.4, -0.2) is 49.2 Å². The van der Waals surface area contributed by atoms with E-state index < -0.39 is 45.0 Å². The van der Waals surface area contributed by atoms with Crippen molar-refractivity contribution in [2.45, 2.75) is 17.7 Å². The standard InChI is InChI=1S/C20H19Cl2N3O7S/c21-15-3-1-2-4-17(15)23-19(26)12-32-20(27)13-7-9-24(10-8-13)33(30,31)18-11-14(25(28)29)5-6-16(18)22/h1-6,11,13H,7-10,12H2,(H,23,26). The van der Waals surface area contributed by atoms with Crippen LogP contribution in [0.15, 0.2) is 47.4 Å². The van der Waals surface area contributed by atoms with Crippen LogP contribution in [0.3, 0.4) is 0 Å². The second-order valence-electron chi connectivity index (χ2n) is 7.19. The Morgan fingerprint density at radius 1 is 1.12 bits per heavy atom. The fraction of sp³-hybridized carbons (Fsp3) is 0.300. The van der Waals surface area contributed by atoms with E-state index in [2.05, 4.69) is 5.32 Å². The van der Waals surface area contributed by atoms with Crippen LogP contribution in [-0.2, 0) is 24.3 Å². The molecule has 0 bridgehead atoms. The molecule has 1 heterocycles. The van der Waals surface area contributed by atoms with Gasteiger partial charge >= 0.3 is 5.97 Å². The molecule has 0 saturated carbocycles. The van der Waals surface area contributed by atoms with Gasteiger partial charge in [0.15, 0.2) is 6.61 Å². The summed E-state index contributed by atoms with van der Waals surface area (Å²) in [4.78, 5) is 34.2. The number of sulfonamides is 1. The van der Waals surface area contributed by atoms with Gasteiger partial charge in [-0.25, -0.2) is 8.42 Å². The first kappa shape index (κ1) is 24.9. The summed E-state index contributed by atoms with van der Waals surface area (Å²) in [6, 6.07) is 9.79. The van der Waals surface area contributed by atoms with Crippen molar-refractivity contribution in [1.29, 1.82) is 0 Å². The third-order valence-corrected chi connectivity index (χ3v) is 7.73. The molecule has 0 radical (unpaired) electrons. The van der Waals surface area contributed by atoms with Gasteiger partial charge < -0.3 is 10.1 Å². The fourth-order valence-electron chi connectivity index (χ4n) is 3.28. The number of piperidine rings is 1. The van der Waals surface area contributed by atoms with Crippen molar-refractivity contribution < 1.29 is 27.7 Å². The molecule has 1 aliphatic rings. The third-order valence-electron chi connectivity index (χ3n) is 5.02. The van der Waals surface area contributed by atoms with Gasteiger partial charge in [0, 0.05) is 25.2 Å². The van der Waals surface area contributed by atoms with E-state index in [0.29, 0.717) is 10.7 Å². The molecule has 13 heteroatoms. The Bertz CT molecular complexity index is 1180. The number of ether oxygens (including phenoxy) is 1. The van der Waals surface area contributed by atoms with E-state index in [0.717, 1.165) is 22.5 Å². The molecular weight excluding hydrogens is 497 g/mol. The first-order valence-electron chi connectivity index (χ1n) is 9.74. The summed E-state index contributed by atoms with van der Waals surface area (Å²) in [6.45, 7) is -0.522. The van der Waals surface area contributed by atoms with Gasteiger partial charge in [0.25, 0.3) is 11.6 Å². The quantitative estimate of drug-likeness (QED) is 0.338. The Hall–Kier alpha value is -2.73. The van der Waals surface area contributed by atoms with Gasteiger partial charge in [-0.15, -0.1) is 0 Å². The molecule has 1 N–H and O–H groups in total. The number of para-hydroxylation sites is 1. The maximum atomic E-state index is 12.9. The largest absolute Gasteiger partial charge is 0.455 e. The van der Waals surface area contributed by atoms with E-state index in [1.807, 2.05) is 0 Å². The summed E-state index contributed by atoms with van der Waals surface area (Å²) in [5.41, 5.74) is -0.00922. The van der Waals surface area contributed by atoms with Gasteiger partial charge in [-0.1, -0.05) is 35.3 Å². The summed E-state index contributed by atoms with van der Waals surface area (Å²) >= 11 is 11.9. The molecule has 3 rings (SSSR count). The zero-order valence-electron chi connectivity index (χ0n) is 17.1. The molecule has 1 saturated heterocycles. The van der Waals surface area contributed by atoms with Crippen LogP contribution in [0.4, 0.5) is 11.4 Å². The number of carbonyl (C=O) groups is 2. The molecule has 0 unspecified atom stereocenters. The zero-order valence-corrected chi connectivity index (χ0v) is 19.4. The molecular formula is C20H19Cl2N3O7S. The SMILES string of the molecule is O=C(COC(=O)C1CCN(S(=O)(=O)c2cc([N+](=O)[O-])ccc2Cl)CC1)Nc1ccccc1Cl. The number of nitrogens with one attached hydrogen (secondary N) is 1. The first-order chi connectivity index (χ1) is 15.6. The van der Waals surface area contributed by atoms with E-state index >= 15 is 0 Å². The van der Waals surface area contributed by atoms with Crippen molar-refractivity contribution in [2.75, 3.05) is 25.0 Å². The number of amides is 1. The third kappa shape index (κ3) is 5.99. The second kappa shape index (κ2) is 10.5. The van der Waals surface area contributed by atoms with Crippen molar-refractivity contribution in [3.05, 3.63) is 62.6 Å². The van der Waals surface area contributed by atoms with E-state index in [1.54, 1.807) is 24.3 Å².